The van der Waals surface area contributed by atoms with Crippen LogP contribution in [0.2, 0.25) is 0 Å². The summed E-state index contributed by atoms with van der Waals surface area (Å²) >= 11 is 0. The first-order chi connectivity index (χ1) is 45.6. The zero-order valence-electron chi connectivity index (χ0n) is 60.7. The molecule has 4 unspecified atom stereocenters. The van der Waals surface area contributed by atoms with E-state index in [1.165, 1.54) is 244 Å². The first-order valence-electron chi connectivity index (χ1n) is 44.6. The first-order valence-corrected chi connectivity index (χ1v) is 44.6. The summed E-state index contributed by atoms with van der Waals surface area (Å²) in [6.45, 7) is 0. The van der Waals surface area contributed by atoms with Crippen LogP contribution in [-0.4, -0.2) is 46.1 Å². The predicted octanol–water partition coefficient (Wildman–Crippen LogP) is 26.1. The second-order valence-electron chi connectivity index (χ2n) is 38.2. The van der Waals surface area contributed by atoms with Crippen molar-refractivity contribution in [2.75, 3.05) is 0 Å². The van der Waals surface area contributed by atoms with Crippen LogP contribution in [0.5, 0.6) is 0 Å². The van der Waals surface area contributed by atoms with Crippen LogP contribution < -0.4 is 0 Å². The van der Waals surface area contributed by atoms with Crippen LogP contribution in [0.15, 0.2) is 23.3 Å². The summed E-state index contributed by atoms with van der Waals surface area (Å²) in [6, 6.07) is 5.40. The van der Waals surface area contributed by atoms with Crippen LogP contribution in [-0.2, 0) is 0 Å². The minimum Gasteiger partial charge on any atom is -0.294 e. The molecular weight excluding hydrogens is 1110 g/mol. The van der Waals surface area contributed by atoms with E-state index in [-0.39, 0.29) is 0 Å². The lowest BCUT2D eigenvalue weighted by atomic mass is 9.45. The molecule has 15 saturated carbocycles. The topological polar surface area (TPSA) is 6.48 Å². The predicted molar refractivity (Wildman–Crippen MR) is 392 cm³/mol. The lowest BCUT2D eigenvalue weighted by molar-refractivity contribution is -0.116. The third kappa shape index (κ3) is 15.9. The van der Waals surface area contributed by atoms with Gasteiger partial charge in [0.15, 0.2) is 0 Å². The molecule has 0 heterocycles. The maximum Gasteiger partial charge on any atom is 0.0102 e. The summed E-state index contributed by atoms with van der Waals surface area (Å²) in [5.41, 5.74) is 4.02. The van der Waals surface area contributed by atoms with Crippen LogP contribution in [0.4, 0.5) is 0 Å². The Hall–Kier alpha value is -0.600. The van der Waals surface area contributed by atoms with Crippen LogP contribution in [0.3, 0.4) is 0 Å². The highest BCUT2D eigenvalue weighted by atomic mass is 15.2. The number of rotatable bonds is 16. The molecule has 15 fully saturated rings. The Morgan fingerprint density at radius 3 is 0.630 bits per heavy atom. The molecular formula is C90H150N2. The largest absolute Gasteiger partial charge is 0.294 e. The van der Waals surface area contributed by atoms with E-state index in [9.17, 15) is 0 Å². The Morgan fingerprint density at radius 1 is 0.174 bits per heavy atom. The van der Waals surface area contributed by atoms with Gasteiger partial charge in [-0.25, -0.2) is 0 Å². The zero-order chi connectivity index (χ0) is 61.4. The Kier molecular flexibility index (Phi) is 24.3. The molecule has 0 radical (unpaired) electrons. The second kappa shape index (κ2) is 33.3. The van der Waals surface area contributed by atoms with Crippen molar-refractivity contribution >= 4 is 0 Å². The van der Waals surface area contributed by atoms with Crippen molar-refractivity contribution in [1.82, 2.24) is 9.80 Å². The van der Waals surface area contributed by atoms with E-state index < -0.39 is 0 Å². The lowest BCUT2D eigenvalue weighted by Gasteiger charge is -2.60. The molecule has 4 atom stereocenters. The molecule has 0 aliphatic heterocycles. The fraction of sp³-hybridized carbons (Fsp3) is 0.956. The van der Waals surface area contributed by atoms with Crippen molar-refractivity contribution in [2.24, 2.45) is 107 Å². The van der Waals surface area contributed by atoms with E-state index in [2.05, 4.69) is 22.0 Å². The van der Waals surface area contributed by atoms with E-state index in [1.807, 2.05) is 11.1 Å². The molecule has 2 nitrogen and oxygen atoms in total. The van der Waals surface area contributed by atoms with Crippen molar-refractivity contribution in [1.29, 1.82) is 0 Å². The van der Waals surface area contributed by atoms with E-state index in [1.54, 1.807) is 154 Å². The summed E-state index contributed by atoms with van der Waals surface area (Å²) in [6.07, 6.45) is 102. The summed E-state index contributed by atoms with van der Waals surface area (Å²) in [5, 5.41) is 0. The Labute approximate surface area is 570 Å². The van der Waals surface area contributed by atoms with Gasteiger partial charge in [-0.15, -0.1) is 0 Å². The summed E-state index contributed by atoms with van der Waals surface area (Å²) in [4.78, 5) is 6.67. The Morgan fingerprint density at radius 2 is 0.370 bits per heavy atom. The maximum absolute atomic E-state index is 3.33. The molecule has 520 valence electrons. The standard InChI is InChI=1S/C90H150N2/c1-7-23-71(24-8-1)87(72-25-9-2-10-26-72)63-65-39-55-79(56-40-65)91(77-31-15-5-16-32-77)81-59-51-69(52-60-81)67-43-47-75(48-44-67)89-83-35-19-21-37-85(83)90(86-38-22-20-36-84(86)89)76-49-45-68(46-50-76)70-53-61-82(62-54-70)92(78-33-17-6-18-34-78)80-57-41-66(42-58-80)64-88(73-27-11-3-12-28-73)74-29-13-4-14-30-74/h63-86,89-90H,1-62H2. The third-order valence-corrected chi connectivity index (χ3v) is 33.6. The molecule has 2 heteroatoms. The smallest absolute Gasteiger partial charge is 0.0102 e. The minimum absolute atomic E-state index is 0.887. The van der Waals surface area contributed by atoms with Gasteiger partial charge in [-0.3, -0.25) is 9.80 Å². The minimum atomic E-state index is 0.887. The maximum atomic E-state index is 3.33. The molecule has 0 aromatic heterocycles. The number of hydrogen-bond acceptors (Lipinski definition) is 2. The number of allylic oxidation sites excluding steroid dienone is 4. The number of nitrogens with zero attached hydrogens (tertiary/aromatic N) is 2. The summed E-state index contributed by atoms with van der Waals surface area (Å²) in [5.74, 6) is 18.6. The Bertz CT molecular complexity index is 1970. The molecule has 15 aliphatic carbocycles. The summed E-state index contributed by atoms with van der Waals surface area (Å²) in [7, 11) is 0. The fourth-order valence-corrected chi connectivity index (χ4v) is 29.2. The van der Waals surface area contributed by atoms with E-state index in [0.717, 1.165) is 143 Å². The van der Waals surface area contributed by atoms with Crippen LogP contribution in [0.25, 0.3) is 0 Å². The SMILES string of the molecule is C(=C(C1CCCCC1)C1CCCCC1)C1CCC(N(C2CCCCC2)C2CCC(C3CCC(C4C5CCCCC5C(C5CCC(C6CCC(N(C7CCCCC7)C7CCC(C=C(C8CCCCC8)C8CCCCC8)CC7)CC6)CC5)C5CCCCC54)CC3)CC2)CC1. The zero-order valence-corrected chi connectivity index (χ0v) is 60.7. The van der Waals surface area contributed by atoms with Crippen molar-refractivity contribution < 1.29 is 0 Å². The van der Waals surface area contributed by atoms with Gasteiger partial charge in [0.2, 0.25) is 0 Å². The molecule has 0 amide bonds. The van der Waals surface area contributed by atoms with Gasteiger partial charge in [0.1, 0.15) is 0 Å². The first kappa shape index (κ1) is 67.2. The van der Waals surface area contributed by atoms with Crippen LogP contribution >= 0.6 is 0 Å². The molecule has 0 bridgehead atoms. The van der Waals surface area contributed by atoms with Gasteiger partial charge in [-0.1, -0.05) is 165 Å². The van der Waals surface area contributed by atoms with Crippen molar-refractivity contribution in [3.05, 3.63) is 23.3 Å². The van der Waals surface area contributed by atoms with Gasteiger partial charge >= 0.3 is 0 Å². The van der Waals surface area contributed by atoms with Gasteiger partial charge in [-0.2, -0.15) is 0 Å². The Balaban J connectivity index is 0.533. The van der Waals surface area contributed by atoms with E-state index in [4.69, 9.17) is 0 Å². The second-order valence-corrected chi connectivity index (χ2v) is 38.2. The van der Waals surface area contributed by atoms with Gasteiger partial charge in [0, 0.05) is 36.3 Å². The highest BCUT2D eigenvalue weighted by Crippen LogP contribution is 2.63. The monoisotopic (exact) mass is 1260 g/mol. The third-order valence-electron chi connectivity index (χ3n) is 33.6. The quantitative estimate of drug-likeness (QED) is 0.142. The molecule has 15 aliphatic rings. The van der Waals surface area contributed by atoms with Crippen molar-refractivity contribution in [3.63, 3.8) is 0 Å². The molecule has 15 rings (SSSR count). The molecule has 0 aromatic rings. The molecule has 0 saturated heterocycles. The van der Waals surface area contributed by atoms with E-state index >= 15 is 0 Å². The van der Waals surface area contributed by atoms with Gasteiger partial charge in [0.05, 0.1) is 0 Å². The molecule has 0 spiro atoms. The molecule has 0 N–H and O–H groups in total. The van der Waals surface area contributed by atoms with Gasteiger partial charge in [-0.05, 0) is 363 Å². The highest BCUT2D eigenvalue weighted by molar-refractivity contribution is 5.17. The normalized spacial score (nSPS) is 42.0. The van der Waals surface area contributed by atoms with Gasteiger partial charge < -0.3 is 0 Å². The number of hydrogen-bond donors (Lipinski definition) is 0. The number of fused-ring (bicyclic) bond motifs is 2. The molecule has 0 aromatic carbocycles. The fourth-order valence-electron chi connectivity index (χ4n) is 29.2. The van der Waals surface area contributed by atoms with E-state index in [0.29, 0.717) is 0 Å². The van der Waals surface area contributed by atoms with Crippen molar-refractivity contribution in [3.8, 4) is 0 Å². The van der Waals surface area contributed by atoms with Crippen LogP contribution in [0.1, 0.15) is 398 Å². The molecule has 92 heavy (non-hydrogen) atoms. The van der Waals surface area contributed by atoms with Gasteiger partial charge in [0.25, 0.3) is 0 Å². The average Bonchev–Trinajstić information content (AvgIpc) is 0.772. The van der Waals surface area contributed by atoms with Crippen molar-refractivity contribution in [2.45, 2.75) is 434 Å². The lowest BCUT2D eigenvalue weighted by Crippen LogP contribution is -2.54. The van der Waals surface area contributed by atoms with Crippen LogP contribution in [0, 0.1) is 107 Å². The highest BCUT2D eigenvalue weighted by Gasteiger charge is 2.56. The summed E-state index contributed by atoms with van der Waals surface area (Å²) < 4.78 is 0. The average molecular weight is 1260 g/mol.